The highest BCUT2D eigenvalue weighted by molar-refractivity contribution is 6.35. The fourth-order valence-electron chi connectivity index (χ4n) is 1.43. The van der Waals surface area contributed by atoms with Gasteiger partial charge in [-0.05, 0) is 30.2 Å². The van der Waals surface area contributed by atoms with Crippen LogP contribution < -0.4 is 5.32 Å². The standard InChI is InChI=1S/C12H17Cl2NO/c1-8(2)6-15-12(7-16)10-4-3-9(13)5-11(10)14/h3-5,8,12,15-16H,6-7H2,1-2H3. The first kappa shape index (κ1) is 13.8. The van der Waals surface area contributed by atoms with Crippen molar-refractivity contribution in [1.82, 2.24) is 5.32 Å². The van der Waals surface area contributed by atoms with Crippen molar-refractivity contribution in [2.45, 2.75) is 19.9 Å². The van der Waals surface area contributed by atoms with Crippen LogP contribution in [0.4, 0.5) is 0 Å². The summed E-state index contributed by atoms with van der Waals surface area (Å²) in [5.41, 5.74) is 0.884. The second-order valence-corrected chi connectivity index (χ2v) is 5.05. The van der Waals surface area contributed by atoms with Crippen LogP contribution in [0.2, 0.25) is 10.0 Å². The van der Waals surface area contributed by atoms with Crippen LogP contribution >= 0.6 is 23.2 Å². The van der Waals surface area contributed by atoms with Gasteiger partial charge in [0.15, 0.2) is 0 Å². The number of halogens is 2. The van der Waals surface area contributed by atoms with Gasteiger partial charge < -0.3 is 10.4 Å². The predicted octanol–water partition coefficient (Wildman–Crippen LogP) is 3.27. The zero-order valence-electron chi connectivity index (χ0n) is 9.50. The van der Waals surface area contributed by atoms with Crippen LogP contribution in [0.1, 0.15) is 25.5 Å². The average molecular weight is 262 g/mol. The Balaban J connectivity index is 2.78. The molecule has 0 fully saturated rings. The lowest BCUT2D eigenvalue weighted by molar-refractivity contribution is 0.241. The van der Waals surface area contributed by atoms with E-state index in [9.17, 15) is 5.11 Å². The lowest BCUT2D eigenvalue weighted by Crippen LogP contribution is -2.28. The number of nitrogens with one attached hydrogen (secondary N) is 1. The Bertz CT molecular complexity index is 342. The molecule has 2 nitrogen and oxygen atoms in total. The van der Waals surface area contributed by atoms with Gasteiger partial charge in [0.05, 0.1) is 12.6 Å². The van der Waals surface area contributed by atoms with Crippen LogP contribution in [0.25, 0.3) is 0 Å². The summed E-state index contributed by atoms with van der Waals surface area (Å²) in [6.07, 6.45) is 0. The summed E-state index contributed by atoms with van der Waals surface area (Å²) in [7, 11) is 0. The Morgan fingerprint density at radius 1 is 1.31 bits per heavy atom. The largest absolute Gasteiger partial charge is 0.394 e. The van der Waals surface area contributed by atoms with E-state index in [-0.39, 0.29) is 12.6 Å². The molecular weight excluding hydrogens is 245 g/mol. The van der Waals surface area contributed by atoms with Crippen molar-refractivity contribution in [3.8, 4) is 0 Å². The highest BCUT2D eigenvalue weighted by atomic mass is 35.5. The molecule has 1 unspecified atom stereocenters. The second kappa shape index (κ2) is 6.45. The summed E-state index contributed by atoms with van der Waals surface area (Å²) in [6, 6.07) is 5.19. The molecule has 0 aromatic heterocycles. The molecule has 0 aliphatic heterocycles. The minimum atomic E-state index is -0.132. The summed E-state index contributed by atoms with van der Waals surface area (Å²) in [6.45, 7) is 5.09. The Kier molecular flexibility index (Phi) is 5.56. The average Bonchev–Trinajstić information content (AvgIpc) is 2.21. The lowest BCUT2D eigenvalue weighted by atomic mass is 10.1. The molecule has 0 heterocycles. The highest BCUT2D eigenvalue weighted by Gasteiger charge is 2.13. The second-order valence-electron chi connectivity index (χ2n) is 4.20. The van der Waals surface area contributed by atoms with Gasteiger partial charge in [-0.1, -0.05) is 43.1 Å². The van der Waals surface area contributed by atoms with Gasteiger partial charge in [-0.3, -0.25) is 0 Å². The number of aliphatic hydroxyl groups is 1. The van der Waals surface area contributed by atoms with Crippen LogP contribution in [0.5, 0.6) is 0 Å². The first-order chi connectivity index (χ1) is 7.54. The lowest BCUT2D eigenvalue weighted by Gasteiger charge is -2.19. The smallest absolute Gasteiger partial charge is 0.0627 e. The van der Waals surface area contributed by atoms with Crippen LogP contribution in [0.15, 0.2) is 18.2 Å². The van der Waals surface area contributed by atoms with E-state index in [1.54, 1.807) is 12.1 Å². The van der Waals surface area contributed by atoms with Crippen molar-refractivity contribution < 1.29 is 5.11 Å². The van der Waals surface area contributed by atoms with E-state index < -0.39 is 0 Å². The quantitative estimate of drug-likeness (QED) is 0.853. The van der Waals surface area contributed by atoms with Gasteiger partial charge in [-0.2, -0.15) is 0 Å². The van der Waals surface area contributed by atoms with Gasteiger partial charge in [0, 0.05) is 10.0 Å². The van der Waals surface area contributed by atoms with Crippen molar-refractivity contribution in [3.05, 3.63) is 33.8 Å². The van der Waals surface area contributed by atoms with Crippen molar-refractivity contribution in [2.75, 3.05) is 13.2 Å². The summed E-state index contributed by atoms with van der Waals surface area (Å²) in [5.74, 6) is 0.528. The molecule has 1 aromatic carbocycles. The van der Waals surface area contributed by atoms with Gasteiger partial charge >= 0.3 is 0 Å². The normalized spacial score (nSPS) is 13.1. The molecule has 0 bridgehead atoms. The molecule has 90 valence electrons. The van der Waals surface area contributed by atoms with E-state index in [0.717, 1.165) is 12.1 Å². The first-order valence-electron chi connectivity index (χ1n) is 5.33. The number of hydrogen-bond donors (Lipinski definition) is 2. The summed E-state index contributed by atoms with van der Waals surface area (Å²) >= 11 is 11.9. The van der Waals surface area contributed by atoms with Crippen LogP contribution in [-0.2, 0) is 0 Å². The van der Waals surface area contributed by atoms with Gasteiger partial charge in [0.2, 0.25) is 0 Å². The maximum atomic E-state index is 9.33. The maximum absolute atomic E-state index is 9.33. The molecule has 0 spiro atoms. The van der Waals surface area contributed by atoms with Gasteiger partial charge in [-0.25, -0.2) is 0 Å². The fourth-order valence-corrected chi connectivity index (χ4v) is 1.98. The van der Waals surface area contributed by atoms with Gasteiger partial charge in [0.25, 0.3) is 0 Å². The number of rotatable bonds is 5. The minimum absolute atomic E-state index is 0.0219. The number of aliphatic hydroxyl groups excluding tert-OH is 1. The van der Waals surface area contributed by atoms with E-state index >= 15 is 0 Å². The molecule has 1 atom stereocenters. The van der Waals surface area contributed by atoms with E-state index in [4.69, 9.17) is 23.2 Å². The highest BCUT2D eigenvalue weighted by Crippen LogP contribution is 2.26. The minimum Gasteiger partial charge on any atom is -0.394 e. The summed E-state index contributed by atoms with van der Waals surface area (Å²) in [5, 5.41) is 13.8. The molecule has 1 aromatic rings. The summed E-state index contributed by atoms with van der Waals surface area (Å²) in [4.78, 5) is 0. The van der Waals surface area contributed by atoms with E-state index in [1.165, 1.54) is 0 Å². The molecule has 0 radical (unpaired) electrons. The monoisotopic (exact) mass is 261 g/mol. The van der Waals surface area contributed by atoms with Crippen molar-refractivity contribution in [2.24, 2.45) is 5.92 Å². The van der Waals surface area contributed by atoms with Gasteiger partial charge in [-0.15, -0.1) is 0 Å². The Labute approximate surface area is 107 Å². The third-order valence-electron chi connectivity index (χ3n) is 2.29. The van der Waals surface area contributed by atoms with E-state index in [2.05, 4.69) is 19.2 Å². The predicted molar refractivity (Wildman–Crippen MR) is 69.1 cm³/mol. The van der Waals surface area contributed by atoms with Crippen LogP contribution in [-0.4, -0.2) is 18.3 Å². The molecule has 2 N–H and O–H groups in total. The molecule has 0 amide bonds. The van der Waals surface area contributed by atoms with E-state index in [1.807, 2.05) is 6.07 Å². The molecule has 0 aliphatic rings. The first-order valence-corrected chi connectivity index (χ1v) is 6.09. The Morgan fingerprint density at radius 3 is 2.50 bits per heavy atom. The SMILES string of the molecule is CC(C)CNC(CO)c1ccc(Cl)cc1Cl. The van der Waals surface area contributed by atoms with Crippen molar-refractivity contribution in [1.29, 1.82) is 0 Å². The third-order valence-corrected chi connectivity index (χ3v) is 2.86. The zero-order valence-corrected chi connectivity index (χ0v) is 11.0. The Morgan fingerprint density at radius 2 is 2.00 bits per heavy atom. The zero-order chi connectivity index (χ0) is 12.1. The van der Waals surface area contributed by atoms with Crippen molar-refractivity contribution in [3.63, 3.8) is 0 Å². The molecule has 4 heteroatoms. The molecule has 0 saturated carbocycles. The topological polar surface area (TPSA) is 32.3 Å². The molecule has 16 heavy (non-hydrogen) atoms. The molecule has 0 saturated heterocycles. The number of benzene rings is 1. The molecular formula is C12H17Cl2NO. The number of hydrogen-bond acceptors (Lipinski definition) is 2. The van der Waals surface area contributed by atoms with Crippen LogP contribution in [0.3, 0.4) is 0 Å². The molecule has 1 rings (SSSR count). The summed E-state index contributed by atoms with van der Waals surface area (Å²) < 4.78 is 0. The molecule has 0 aliphatic carbocycles. The van der Waals surface area contributed by atoms with Crippen molar-refractivity contribution >= 4 is 23.2 Å². The third kappa shape index (κ3) is 3.95. The maximum Gasteiger partial charge on any atom is 0.0627 e. The Hall–Kier alpha value is -0.280. The van der Waals surface area contributed by atoms with Crippen LogP contribution in [0, 0.1) is 5.92 Å². The fraction of sp³-hybridized carbons (Fsp3) is 0.500. The van der Waals surface area contributed by atoms with Gasteiger partial charge in [0.1, 0.15) is 0 Å². The van der Waals surface area contributed by atoms with E-state index in [0.29, 0.717) is 16.0 Å².